The van der Waals surface area contributed by atoms with Gasteiger partial charge in [-0.25, -0.2) is 0 Å². The van der Waals surface area contributed by atoms with E-state index < -0.39 is 5.60 Å². The van der Waals surface area contributed by atoms with Crippen LogP contribution in [0.3, 0.4) is 0 Å². The molecule has 5 heteroatoms. The van der Waals surface area contributed by atoms with E-state index in [0.717, 1.165) is 54.5 Å². The summed E-state index contributed by atoms with van der Waals surface area (Å²) >= 11 is 0. The van der Waals surface area contributed by atoms with E-state index in [9.17, 15) is 9.59 Å². The number of rotatable bonds is 9. The first kappa shape index (κ1) is 25.6. The van der Waals surface area contributed by atoms with Crippen molar-refractivity contribution in [3.8, 4) is 11.1 Å². The first-order chi connectivity index (χ1) is 14.9. The highest BCUT2D eigenvalue weighted by Crippen LogP contribution is 2.35. The number of aryl methyl sites for hydroxylation is 3. The van der Waals surface area contributed by atoms with Gasteiger partial charge in [0.05, 0.1) is 17.3 Å². The van der Waals surface area contributed by atoms with E-state index in [1.165, 1.54) is 11.1 Å². The Hall–Kier alpha value is -2.69. The minimum Gasteiger partial charge on any atom is -0.460 e. The van der Waals surface area contributed by atoms with E-state index in [-0.39, 0.29) is 11.9 Å². The summed E-state index contributed by atoms with van der Waals surface area (Å²) in [5, 5.41) is 0. The van der Waals surface area contributed by atoms with Crippen molar-refractivity contribution in [1.29, 1.82) is 0 Å². The van der Waals surface area contributed by atoms with Gasteiger partial charge in [-0.15, -0.1) is 0 Å². The lowest BCUT2D eigenvalue weighted by molar-refractivity contribution is -0.159. The van der Waals surface area contributed by atoms with Gasteiger partial charge in [-0.1, -0.05) is 19.4 Å². The molecule has 1 aromatic heterocycles. The quantitative estimate of drug-likeness (QED) is 0.276. The van der Waals surface area contributed by atoms with Gasteiger partial charge >= 0.3 is 5.97 Å². The molecule has 0 bridgehead atoms. The van der Waals surface area contributed by atoms with Crippen molar-refractivity contribution in [1.82, 2.24) is 4.98 Å². The summed E-state index contributed by atoms with van der Waals surface area (Å²) in [6.07, 6.45) is 6.31. The molecular weight excluding hydrogens is 400 g/mol. The summed E-state index contributed by atoms with van der Waals surface area (Å²) in [4.78, 5) is 30.6. The molecule has 0 saturated heterocycles. The number of pyridine rings is 1. The molecule has 174 valence electrons. The highest BCUT2D eigenvalue weighted by molar-refractivity contribution is 5.92. The third-order valence-corrected chi connectivity index (χ3v) is 5.62. The van der Waals surface area contributed by atoms with Crippen LogP contribution in [0.2, 0.25) is 0 Å². The molecule has 1 atom stereocenters. The first-order valence-corrected chi connectivity index (χ1v) is 11.4. The number of aromatic nitrogens is 1. The van der Waals surface area contributed by atoms with Crippen LogP contribution in [0.5, 0.6) is 0 Å². The Labute approximate surface area is 193 Å². The van der Waals surface area contributed by atoms with E-state index in [0.29, 0.717) is 5.56 Å². The highest BCUT2D eigenvalue weighted by Gasteiger charge is 2.21. The lowest BCUT2D eigenvalue weighted by atomic mass is 9.91. The Morgan fingerprint density at radius 2 is 1.84 bits per heavy atom. The second-order valence-electron chi connectivity index (χ2n) is 9.85. The fraction of sp³-hybridized carbons (Fsp3) is 0.519. The van der Waals surface area contributed by atoms with Crippen molar-refractivity contribution in [3.63, 3.8) is 0 Å². The van der Waals surface area contributed by atoms with Gasteiger partial charge in [-0.3, -0.25) is 14.6 Å². The number of aldehydes is 1. The summed E-state index contributed by atoms with van der Waals surface area (Å²) in [5.74, 6) is -0.242. The van der Waals surface area contributed by atoms with Crippen LogP contribution in [0, 0.1) is 19.8 Å². The molecule has 5 nitrogen and oxygen atoms in total. The van der Waals surface area contributed by atoms with Gasteiger partial charge in [-0.05, 0) is 82.7 Å². The third-order valence-electron chi connectivity index (χ3n) is 5.62. The Balaban J connectivity index is 2.13. The average molecular weight is 439 g/mol. The highest BCUT2D eigenvalue weighted by atomic mass is 16.6. The van der Waals surface area contributed by atoms with Gasteiger partial charge in [0.15, 0.2) is 6.29 Å². The number of carbonyl (C=O) groups excluding carboxylic acids is 2. The molecule has 1 aromatic carbocycles. The maximum absolute atomic E-state index is 12.2. The molecule has 2 rings (SSSR count). The second-order valence-corrected chi connectivity index (χ2v) is 9.85. The number of nitrogens with zero attached hydrogens (tertiary/aromatic N) is 2. The predicted octanol–water partition coefficient (Wildman–Crippen LogP) is 5.93. The van der Waals surface area contributed by atoms with Crippen LogP contribution >= 0.6 is 0 Å². The molecule has 0 aliphatic rings. The molecule has 0 fully saturated rings. The van der Waals surface area contributed by atoms with Gasteiger partial charge in [-0.2, -0.15) is 0 Å². The molecular formula is C27H38N2O3. The fourth-order valence-electron chi connectivity index (χ4n) is 4.00. The van der Waals surface area contributed by atoms with Crippen LogP contribution in [-0.2, 0) is 16.0 Å². The molecule has 1 unspecified atom stereocenters. The zero-order valence-corrected chi connectivity index (χ0v) is 20.9. The van der Waals surface area contributed by atoms with E-state index in [4.69, 9.17) is 4.74 Å². The van der Waals surface area contributed by atoms with Gasteiger partial charge < -0.3 is 9.64 Å². The van der Waals surface area contributed by atoms with E-state index in [1.807, 2.05) is 65.7 Å². The van der Waals surface area contributed by atoms with Crippen molar-refractivity contribution in [3.05, 3.63) is 46.8 Å². The summed E-state index contributed by atoms with van der Waals surface area (Å²) in [6, 6.07) is 6.11. The van der Waals surface area contributed by atoms with Crippen LogP contribution in [0.15, 0.2) is 24.4 Å². The summed E-state index contributed by atoms with van der Waals surface area (Å²) in [6.45, 7) is 11.7. The standard InChI is InChI=1S/C27H38N2O3/c1-18(26(31)32-27(4,5)6)11-9-10-12-21-16-22(17-30)24(15-19(21)2)23-13-14-28-20(3)25(23)29(7)8/h13-18H,9-12H2,1-8H3. The van der Waals surface area contributed by atoms with Gasteiger partial charge in [0, 0.05) is 31.4 Å². The lowest BCUT2D eigenvalue weighted by Crippen LogP contribution is -2.27. The van der Waals surface area contributed by atoms with Gasteiger partial charge in [0.25, 0.3) is 0 Å². The number of benzene rings is 1. The molecule has 0 aliphatic carbocycles. The molecule has 0 saturated carbocycles. The molecule has 2 aromatic rings. The number of esters is 1. The first-order valence-electron chi connectivity index (χ1n) is 11.4. The SMILES string of the molecule is Cc1cc(-c2ccnc(C)c2N(C)C)c(C=O)cc1CCCCC(C)C(=O)OC(C)(C)C. The van der Waals surface area contributed by atoms with E-state index >= 15 is 0 Å². The van der Waals surface area contributed by atoms with Crippen LogP contribution < -0.4 is 4.90 Å². The Bertz CT molecular complexity index is 958. The fourth-order valence-corrected chi connectivity index (χ4v) is 4.00. The van der Waals surface area contributed by atoms with Crippen molar-refractivity contribution < 1.29 is 14.3 Å². The largest absolute Gasteiger partial charge is 0.460 e. The van der Waals surface area contributed by atoms with Crippen LogP contribution in [0.1, 0.15) is 74.1 Å². The lowest BCUT2D eigenvalue weighted by Gasteiger charge is -2.22. The molecule has 0 spiro atoms. The number of unbranched alkanes of at least 4 members (excludes halogenated alkanes) is 1. The van der Waals surface area contributed by atoms with Crippen molar-refractivity contribution >= 4 is 17.9 Å². The average Bonchev–Trinajstić information content (AvgIpc) is 2.69. The zero-order chi connectivity index (χ0) is 24.1. The van der Waals surface area contributed by atoms with Crippen molar-refractivity contribution in [2.24, 2.45) is 5.92 Å². The number of hydrogen-bond acceptors (Lipinski definition) is 5. The molecule has 0 amide bonds. The minimum atomic E-state index is -0.449. The second kappa shape index (κ2) is 10.8. The molecule has 32 heavy (non-hydrogen) atoms. The Morgan fingerprint density at radius 3 is 2.44 bits per heavy atom. The third kappa shape index (κ3) is 6.65. The number of hydrogen-bond donors (Lipinski definition) is 0. The minimum absolute atomic E-state index is 0.109. The summed E-state index contributed by atoms with van der Waals surface area (Å²) < 4.78 is 5.47. The van der Waals surface area contributed by atoms with E-state index in [1.54, 1.807) is 6.20 Å². The monoisotopic (exact) mass is 438 g/mol. The Kier molecular flexibility index (Phi) is 8.59. The number of carbonyl (C=O) groups is 2. The number of anilines is 1. The Morgan fingerprint density at radius 1 is 1.16 bits per heavy atom. The normalized spacial score (nSPS) is 12.4. The molecule has 0 aliphatic heterocycles. The predicted molar refractivity (Wildman–Crippen MR) is 131 cm³/mol. The maximum Gasteiger partial charge on any atom is 0.309 e. The van der Waals surface area contributed by atoms with Crippen LogP contribution in [0.25, 0.3) is 11.1 Å². The molecule has 0 radical (unpaired) electrons. The smallest absolute Gasteiger partial charge is 0.309 e. The van der Waals surface area contributed by atoms with Gasteiger partial charge in [0.2, 0.25) is 0 Å². The number of ether oxygens (including phenoxy) is 1. The van der Waals surface area contributed by atoms with Crippen LogP contribution in [-0.4, -0.2) is 36.9 Å². The zero-order valence-electron chi connectivity index (χ0n) is 20.9. The maximum atomic E-state index is 12.2. The van der Waals surface area contributed by atoms with Gasteiger partial charge in [0.1, 0.15) is 5.60 Å². The van der Waals surface area contributed by atoms with E-state index in [2.05, 4.69) is 18.0 Å². The van der Waals surface area contributed by atoms with Crippen molar-refractivity contribution in [2.45, 2.75) is 72.8 Å². The molecule has 1 heterocycles. The summed E-state index contributed by atoms with van der Waals surface area (Å²) in [7, 11) is 3.99. The topological polar surface area (TPSA) is 59.5 Å². The van der Waals surface area contributed by atoms with Crippen LogP contribution in [0.4, 0.5) is 5.69 Å². The summed E-state index contributed by atoms with van der Waals surface area (Å²) in [5.41, 5.74) is 6.52. The van der Waals surface area contributed by atoms with Crippen molar-refractivity contribution in [2.75, 3.05) is 19.0 Å². The molecule has 0 N–H and O–H groups in total.